The smallest absolute Gasteiger partial charge is 0.418 e. The van der Waals surface area contributed by atoms with Crippen LogP contribution in [0.1, 0.15) is 49.2 Å². The van der Waals surface area contributed by atoms with Crippen molar-refractivity contribution in [1.82, 2.24) is 14.9 Å². The van der Waals surface area contributed by atoms with Crippen LogP contribution < -0.4 is 15.9 Å². The molecule has 1 atom stereocenters. The predicted octanol–water partition coefficient (Wildman–Crippen LogP) is 5.14. The lowest BCUT2D eigenvalue weighted by Crippen LogP contribution is -2.25. The molecule has 34 heavy (non-hydrogen) atoms. The second-order valence-electron chi connectivity index (χ2n) is 8.05. The Bertz CT molecular complexity index is 1160. The van der Waals surface area contributed by atoms with Crippen molar-refractivity contribution in [3.8, 4) is 5.75 Å². The number of carbonyl (C=O) groups is 1. The summed E-state index contributed by atoms with van der Waals surface area (Å²) < 4.78 is 46.7. The minimum Gasteiger partial charge on any atom is -0.485 e. The van der Waals surface area contributed by atoms with Crippen molar-refractivity contribution in [2.24, 2.45) is 0 Å². The second-order valence-corrected chi connectivity index (χ2v) is 9.35. The van der Waals surface area contributed by atoms with Gasteiger partial charge in [0.1, 0.15) is 12.4 Å². The molecule has 0 aliphatic carbocycles. The first-order valence-corrected chi connectivity index (χ1v) is 11.4. The normalized spacial score (nSPS) is 12.6. The van der Waals surface area contributed by atoms with E-state index in [2.05, 4.69) is 29.4 Å². The lowest BCUT2D eigenvalue weighted by atomic mass is 10.0. The predicted molar refractivity (Wildman–Crippen MR) is 125 cm³/mol. The number of alkyl halides is 3. The molecule has 0 aliphatic rings. The molecule has 3 aromatic rings. The summed E-state index contributed by atoms with van der Waals surface area (Å²) in [4.78, 5) is 12.5. The molecule has 3 N–H and O–H groups in total. The number of halogens is 3. The summed E-state index contributed by atoms with van der Waals surface area (Å²) >= 11 is 0.979. The second kappa shape index (κ2) is 10.4. The largest absolute Gasteiger partial charge is 0.485 e. The minimum absolute atomic E-state index is 0.0623. The van der Waals surface area contributed by atoms with Crippen LogP contribution in [0.4, 0.5) is 18.9 Å². The zero-order valence-electron chi connectivity index (χ0n) is 19.2. The average Bonchev–Trinajstić information content (AvgIpc) is 3.10. The van der Waals surface area contributed by atoms with Crippen molar-refractivity contribution in [3.05, 3.63) is 65.0 Å². The van der Waals surface area contributed by atoms with Crippen LogP contribution in [0.15, 0.2) is 47.6 Å². The van der Waals surface area contributed by atoms with Crippen LogP contribution in [-0.4, -0.2) is 26.0 Å². The van der Waals surface area contributed by atoms with Crippen molar-refractivity contribution in [3.63, 3.8) is 0 Å². The van der Waals surface area contributed by atoms with Gasteiger partial charge in [-0.1, -0.05) is 49.9 Å². The number of aryl methyl sites for hydroxylation is 1. The molecule has 1 heterocycles. The maximum absolute atomic E-state index is 13.2. The fraction of sp³-hybridized carbons (Fsp3) is 0.348. The Morgan fingerprint density at radius 3 is 2.56 bits per heavy atom. The Kier molecular flexibility index (Phi) is 7.75. The molecule has 0 saturated carbocycles. The van der Waals surface area contributed by atoms with E-state index in [-0.39, 0.29) is 23.4 Å². The maximum Gasteiger partial charge on any atom is 0.418 e. The quantitative estimate of drug-likeness (QED) is 0.333. The summed E-state index contributed by atoms with van der Waals surface area (Å²) in [6, 6.07) is 10.8. The van der Waals surface area contributed by atoms with Crippen LogP contribution in [0.5, 0.6) is 5.75 Å². The molecule has 182 valence electrons. The average molecular weight is 494 g/mol. The summed E-state index contributed by atoms with van der Waals surface area (Å²) in [5.41, 5.74) is 0.873. The molecule has 0 fully saturated rings. The highest BCUT2D eigenvalue weighted by Crippen LogP contribution is 2.35. The number of nitrogens with zero attached hydrogens (tertiary/aromatic N) is 3. The van der Waals surface area contributed by atoms with Gasteiger partial charge in [0.05, 0.1) is 16.5 Å². The number of thioether (sulfide) groups is 1. The van der Waals surface area contributed by atoms with Gasteiger partial charge in [-0.25, -0.2) is 4.68 Å². The topological polar surface area (TPSA) is 95.1 Å². The van der Waals surface area contributed by atoms with E-state index >= 15 is 0 Å². The molecule has 11 heteroatoms. The standard InChI is InChI=1S/C23H26F3N5O2S/c1-13(2)16-10-9-14(3)11-19(16)33-12-20-29-30-22(31(20)27)34-15(4)21(32)28-18-8-6-5-7-17(18)23(24,25)26/h5-11,13,15H,12,27H2,1-4H3,(H,28,32). The molecule has 1 unspecified atom stereocenters. The lowest BCUT2D eigenvalue weighted by molar-refractivity contribution is -0.137. The number of anilines is 1. The minimum atomic E-state index is -4.58. The van der Waals surface area contributed by atoms with Crippen molar-refractivity contribution in [2.75, 3.05) is 11.2 Å². The van der Waals surface area contributed by atoms with Gasteiger partial charge in [-0.3, -0.25) is 4.79 Å². The van der Waals surface area contributed by atoms with Gasteiger partial charge in [-0.05, 0) is 49.1 Å². The number of nitrogens with two attached hydrogens (primary N) is 1. The Balaban J connectivity index is 1.67. The SMILES string of the molecule is Cc1ccc(C(C)C)c(OCc2nnc(SC(C)C(=O)Nc3ccccc3C(F)(F)F)n2N)c1. The van der Waals surface area contributed by atoms with Gasteiger partial charge in [0.2, 0.25) is 11.1 Å². The number of hydrogen-bond acceptors (Lipinski definition) is 6. The molecule has 0 aliphatic heterocycles. The van der Waals surface area contributed by atoms with E-state index in [0.717, 1.165) is 34.7 Å². The van der Waals surface area contributed by atoms with Crippen LogP contribution in [0.25, 0.3) is 0 Å². The number of aromatic nitrogens is 3. The van der Waals surface area contributed by atoms with E-state index in [1.165, 1.54) is 22.9 Å². The van der Waals surface area contributed by atoms with Crippen molar-refractivity contribution in [2.45, 2.75) is 56.8 Å². The van der Waals surface area contributed by atoms with Crippen LogP contribution in [0.2, 0.25) is 0 Å². The van der Waals surface area contributed by atoms with Crippen LogP contribution in [-0.2, 0) is 17.6 Å². The number of nitrogen functional groups attached to an aromatic ring is 1. The molecule has 1 aromatic heterocycles. The Morgan fingerprint density at radius 2 is 1.88 bits per heavy atom. The van der Waals surface area contributed by atoms with Gasteiger partial charge in [-0.15, -0.1) is 10.2 Å². The molecule has 0 saturated heterocycles. The number of carbonyl (C=O) groups excluding carboxylic acids is 1. The first-order chi connectivity index (χ1) is 16.0. The number of benzene rings is 2. The molecule has 2 aromatic carbocycles. The summed E-state index contributed by atoms with van der Waals surface area (Å²) in [5.74, 6) is 6.80. The fourth-order valence-electron chi connectivity index (χ4n) is 3.16. The highest BCUT2D eigenvalue weighted by Gasteiger charge is 2.34. The first kappa shape index (κ1) is 25.4. The third-order valence-corrected chi connectivity index (χ3v) is 6.08. The van der Waals surface area contributed by atoms with Gasteiger partial charge in [-0.2, -0.15) is 13.2 Å². The molecule has 1 amide bonds. The van der Waals surface area contributed by atoms with Crippen molar-refractivity contribution in [1.29, 1.82) is 0 Å². The van der Waals surface area contributed by atoms with E-state index in [4.69, 9.17) is 10.6 Å². The van der Waals surface area contributed by atoms with E-state index < -0.39 is 22.9 Å². The number of amides is 1. The fourth-order valence-corrected chi connectivity index (χ4v) is 3.95. The van der Waals surface area contributed by atoms with E-state index in [1.807, 2.05) is 25.1 Å². The van der Waals surface area contributed by atoms with E-state index in [9.17, 15) is 18.0 Å². The highest BCUT2D eigenvalue weighted by molar-refractivity contribution is 8.00. The molecule has 0 spiro atoms. The van der Waals surface area contributed by atoms with Gasteiger partial charge in [0, 0.05) is 0 Å². The lowest BCUT2D eigenvalue weighted by Gasteiger charge is -2.16. The van der Waals surface area contributed by atoms with Crippen molar-refractivity contribution >= 4 is 23.4 Å². The number of nitrogens with one attached hydrogen (secondary N) is 1. The highest BCUT2D eigenvalue weighted by atomic mass is 32.2. The Labute approximate surface area is 199 Å². The van der Waals surface area contributed by atoms with Crippen LogP contribution in [0, 0.1) is 6.92 Å². The number of ether oxygens (including phenoxy) is 1. The summed E-state index contributed by atoms with van der Waals surface area (Å²) in [5, 5.41) is 9.81. The number of hydrogen-bond donors (Lipinski definition) is 2. The molecule has 3 rings (SSSR count). The molecular formula is C23H26F3N5O2S. The van der Waals surface area contributed by atoms with E-state index in [1.54, 1.807) is 6.92 Å². The van der Waals surface area contributed by atoms with Gasteiger partial charge in [0.25, 0.3) is 0 Å². The molecule has 0 bridgehead atoms. The summed E-state index contributed by atoms with van der Waals surface area (Å²) in [7, 11) is 0. The number of rotatable bonds is 8. The monoisotopic (exact) mass is 493 g/mol. The Morgan fingerprint density at radius 1 is 1.18 bits per heavy atom. The number of para-hydroxylation sites is 1. The van der Waals surface area contributed by atoms with Crippen LogP contribution >= 0.6 is 11.8 Å². The zero-order chi connectivity index (χ0) is 25.0. The van der Waals surface area contributed by atoms with Gasteiger partial charge >= 0.3 is 6.18 Å². The summed E-state index contributed by atoms with van der Waals surface area (Å²) in [6.45, 7) is 7.71. The maximum atomic E-state index is 13.2. The van der Waals surface area contributed by atoms with Gasteiger partial charge < -0.3 is 15.9 Å². The molecule has 7 nitrogen and oxygen atoms in total. The molecule has 0 radical (unpaired) electrons. The first-order valence-electron chi connectivity index (χ1n) is 10.5. The zero-order valence-corrected chi connectivity index (χ0v) is 20.0. The van der Waals surface area contributed by atoms with Gasteiger partial charge in [0.15, 0.2) is 5.82 Å². The van der Waals surface area contributed by atoms with Crippen molar-refractivity contribution < 1.29 is 22.7 Å². The van der Waals surface area contributed by atoms with E-state index in [0.29, 0.717) is 5.82 Å². The summed E-state index contributed by atoms with van der Waals surface area (Å²) in [6.07, 6.45) is -4.58. The third-order valence-electron chi connectivity index (χ3n) is 5.02. The van der Waals surface area contributed by atoms with Crippen LogP contribution in [0.3, 0.4) is 0 Å². The third kappa shape index (κ3) is 6.02. The Hall–Kier alpha value is -3.21. The molecular weight excluding hydrogens is 467 g/mol.